The monoisotopic (exact) mass is 283 g/mol. The third-order valence-corrected chi connectivity index (χ3v) is 2.71. The Bertz CT molecular complexity index is 433. The number of thiol groups is 1. The van der Waals surface area contributed by atoms with Crippen molar-refractivity contribution >= 4 is 24.5 Å². The quantitative estimate of drug-likeness (QED) is 0.664. The molecule has 0 fully saturated rings. The lowest BCUT2D eigenvalue weighted by Crippen LogP contribution is -2.41. The maximum absolute atomic E-state index is 11.9. The molecule has 1 amide bonds. The fraction of sp³-hybridized carbons (Fsp3) is 0.385. The number of ether oxygens (including phenoxy) is 1. The largest absolute Gasteiger partial charge is 0.494 e. The maximum Gasteiger partial charge on any atom is 0.326 e. The van der Waals surface area contributed by atoms with Crippen LogP contribution in [0.5, 0.6) is 5.75 Å². The molecule has 1 aromatic rings. The number of hydrogen-bond acceptors (Lipinski definition) is 4. The summed E-state index contributed by atoms with van der Waals surface area (Å²) in [6.45, 7) is 2.42. The Morgan fingerprint density at radius 3 is 2.47 bits per heavy atom. The second-order valence-corrected chi connectivity index (χ2v) is 4.28. The van der Waals surface area contributed by atoms with Crippen LogP contribution in [0.4, 0.5) is 0 Å². The zero-order valence-corrected chi connectivity index (χ0v) is 11.5. The molecule has 1 unspecified atom stereocenters. The van der Waals surface area contributed by atoms with Crippen LogP contribution in [0.2, 0.25) is 0 Å². The summed E-state index contributed by atoms with van der Waals surface area (Å²) in [7, 11) is 0. The van der Waals surface area contributed by atoms with Crippen molar-refractivity contribution in [2.45, 2.75) is 19.4 Å². The number of amides is 1. The van der Waals surface area contributed by atoms with Gasteiger partial charge in [0.15, 0.2) is 0 Å². The van der Waals surface area contributed by atoms with Crippen molar-refractivity contribution in [1.82, 2.24) is 5.32 Å². The molecule has 1 aromatic carbocycles. The average Bonchev–Trinajstić information content (AvgIpc) is 2.39. The lowest BCUT2D eigenvalue weighted by atomic mass is 10.1. The summed E-state index contributed by atoms with van der Waals surface area (Å²) in [6.07, 6.45) is 0.279. The molecule has 0 heterocycles. The van der Waals surface area contributed by atoms with E-state index in [1.54, 1.807) is 24.3 Å². The minimum absolute atomic E-state index is 0.279. The Morgan fingerprint density at radius 2 is 2.00 bits per heavy atom. The normalized spacial score (nSPS) is 11.7. The van der Waals surface area contributed by atoms with Crippen LogP contribution in [0, 0.1) is 0 Å². The van der Waals surface area contributed by atoms with Crippen molar-refractivity contribution < 1.29 is 19.4 Å². The van der Waals surface area contributed by atoms with E-state index in [2.05, 4.69) is 17.9 Å². The Kier molecular flexibility index (Phi) is 6.21. The third kappa shape index (κ3) is 4.82. The van der Waals surface area contributed by atoms with Crippen molar-refractivity contribution in [2.24, 2.45) is 0 Å². The van der Waals surface area contributed by atoms with Crippen LogP contribution in [0.1, 0.15) is 23.7 Å². The zero-order chi connectivity index (χ0) is 14.3. The van der Waals surface area contributed by atoms with Gasteiger partial charge in [-0.3, -0.25) is 4.79 Å². The van der Waals surface area contributed by atoms with Gasteiger partial charge in [0.05, 0.1) is 6.61 Å². The highest BCUT2D eigenvalue weighted by Crippen LogP contribution is 2.12. The lowest BCUT2D eigenvalue weighted by molar-refractivity contribution is -0.139. The van der Waals surface area contributed by atoms with Gasteiger partial charge in [-0.1, -0.05) is 0 Å². The van der Waals surface area contributed by atoms with Gasteiger partial charge in [0.2, 0.25) is 0 Å². The van der Waals surface area contributed by atoms with Crippen molar-refractivity contribution in [3.8, 4) is 5.75 Å². The second-order valence-electron chi connectivity index (χ2n) is 3.83. The molecule has 0 aromatic heterocycles. The third-order valence-electron chi connectivity index (χ3n) is 2.45. The molecule has 5 nitrogen and oxygen atoms in total. The topological polar surface area (TPSA) is 75.6 Å². The van der Waals surface area contributed by atoms with Crippen molar-refractivity contribution in [3.63, 3.8) is 0 Å². The Balaban J connectivity index is 2.68. The summed E-state index contributed by atoms with van der Waals surface area (Å²) in [5, 5.41) is 11.4. The highest BCUT2D eigenvalue weighted by molar-refractivity contribution is 7.80. The van der Waals surface area contributed by atoms with E-state index in [0.717, 1.165) is 0 Å². The molecule has 19 heavy (non-hydrogen) atoms. The van der Waals surface area contributed by atoms with E-state index in [-0.39, 0.29) is 6.42 Å². The SMILES string of the molecule is CCOc1ccc(C(=O)NC(CCS)C(=O)O)cc1. The van der Waals surface area contributed by atoms with Gasteiger partial charge >= 0.3 is 5.97 Å². The van der Waals surface area contributed by atoms with Crippen LogP contribution in [-0.4, -0.2) is 35.4 Å². The van der Waals surface area contributed by atoms with E-state index in [1.807, 2.05) is 6.92 Å². The highest BCUT2D eigenvalue weighted by atomic mass is 32.1. The Hall–Kier alpha value is -1.69. The first-order valence-corrected chi connectivity index (χ1v) is 6.59. The van der Waals surface area contributed by atoms with Crippen LogP contribution in [0.15, 0.2) is 24.3 Å². The molecule has 0 aliphatic carbocycles. The first kappa shape index (κ1) is 15.4. The van der Waals surface area contributed by atoms with Crippen LogP contribution in [0.25, 0.3) is 0 Å². The molecule has 6 heteroatoms. The number of hydrogen-bond donors (Lipinski definition) is 3. The molecule has 0 radical (unpaired) electrons. The molecular formula is C13H17NO4S. The van der Waals surface area contributed by atoms with E-state index < -0.39 is 17.9 Å². The predicted molar refractivity (Wildman–Crippen MR) is 75.0 cm³/mol. The molecular weight excluding hydrogens is 266 g/mol. The summed E-state index contributed by atoms with van der Waals surface area (Å²) < 4.78 is 5.26. The van der Waals surface area contributed by atoms with E-state index in [0.29, 0.717) is 23.7 Å². The number of carboxylic acids is 1. The molecule has 104 valence electrons. The zero-order valence-electron chi connectivity index (χ0n) is 10.6. The maximum atomic E-state index is 11.9. The van der Waals surface area contributed by atoms with Crippen LogP contribution < -0.4 is 10.1 Å². The van der Waals surface area contributed by atoms with Crippen LogP contribution in [0.3, 0.4) is 0 Å². The standard InChI is InChI=1S/C13H17NO4S/c1-2-18-10-5-3-9(4-6-10)12(15)14-11(7-8-19)13(16)17/h3-6,11,19H,2,7-8H2,1H3,(H,14,15)(H,16,17). The van der Waals surface area contributed by atoms with E-state index in [4.69, 9.17) is 9.84 Å². The fourth-order valence-corrected chi connectivity index (χ4v) is 1.76. The molecule has 2 N–H and O–H groups in total. The summed E-state index contributed by atoms with van der Waals surface area (Å²) >= 11 is 3.97. The molecule has 0 bridgehead atoms. The number of nitrogens with one attached hydrogen (secondary N) is 1. The molecule has 0 aliphatic rings. The van der Waals surface area contributed by atoms with Gasteiger partial charge in [-0.15, -0.1) is 0 Å². The summed E-state index contributed by atoms with van der Waals surface area (Å²) in [4.78, 5) is 22.8. The smallest absolute Gasteiger partial charge is 0.326 e. The first-order valence-electron chi connectivity index (χ1n) is 5.95. The second kappa shape index (κ2) is 7.68. The molecule has 1 rings (SSSR count). The van der Waals surface area contributed by atoms with Crippen LogP contribution >= 0.6 is 12.6 Å². The minimum Gasteiger partial charge on any atom is -0.494 e. The predicted octanol–water partition coefficient (Wildman–Crippen LogP) is 1.59. The number of carboxylic acid groups (broad SMARTS) is 1. The summed E-state index contributed by atoms with van der Waals surface area (Å²) in [6, 6.07) is 5.62. The summed E-state index contributed by atoms with van der Waals surface area (Å²) in [5.74, 6) is -0.421. The molecule has 0 aliphatic heterocycles. The van der Waals surface area contributed by atoms with E-state index in [9.17, 15) is 9.59 Å². The highest BCUT2D eigenvalue weighted by Gasteiger charge is 2.19. The van der Waals surface area contributed by atoms with E-state index in [1.165, 1.54) is 0 Å². The van der Waals surface area contributed by atoms with E-state index >= 15 is 0 Å². The Morgan fingerprint density at radius 1 is 1.37 bits per heavy atom. The molecule has 0 saturated heterocycles. The van der Waals surface area contributed by atoms with Crippen molar-refractivity contribution in [3.05, 3.63) is 29.8 Å². The molecule has 0 saturated carbocycles. The van der Waals surface area contributed by atoms with Gasteiger partial charge in [-0.25, -0.2) is 4.79 Å². The van der Waals surface area contributed by atoms with Gasteiger partial charge < -0.3 is 15.2 Å². The number of aliphatic carboxylic acids is 1. The number of benzene rings is 1. The van der Waals surface area contributed by atoms with Gasteiger partial charge in [0, 0.05) is 5.56 Å². The van der Waals surface area contributed by atoms with Crippen molar-refractivity contribution in [1.29, 1.82) is 0 Å². The van der Waals surface area contributed by atoms with Gasteiger partial charge in [-0.05, 0) is 43.4 Å². The van der Waals surface area contributed by atoms with Gasteiger partial charge in [0.25, 0.3) is 5.91 Å². The van der Waals surface area contributed by atoms with Gasteiger partial charge in [-0.2, -0.15) is 12.6 Å². The average molecular weight is 283 g/mol. The van der Waals surface area contributed by atoms with Crippen LogP contribution in [-0.2, 0) is 4.79 Å². The number of carbonyl (C=O) groups is 2. The summed E-state index contributed by atoms with van der Waals surface area (Å²) in [5.41, 5.74) is 0.397. The lowest BCUT2D eigenvalue weighted by Gasteiger charge is -2.13. The molecule has 0 spiro atoms. The minimum atomic E-state index is -1.06. The number of rotatable bonds is 7. The molecule has 1 atom stereocenters. The fourth-order valence-electron chi connectivity index (χ4n) is 1.50. The number of carbonyl (C=O) groups excluding carboxylic acids is 1. The van der Waals surface area contributed by atoms with Gasteiger partial charge in [0.1, 0.15) is 11.8 Å². The van der Waals surface area contributed by atoms with Crippen molar-refractivity contribution in [2.75, 3.05) is 12.4 Å². The Labute approximate surface area is 117 Å². The first-order chi connectivity index (χ1) is 9.08.